The molecule has 10 unspecified atom stereocenters. The topological polar surface area (TPSA) is 37.3 Å². The molecular weight excluding hydrogens is 392 g/mol. The number of carbonyl (C=O) groups is 1. The molecule has 0 heterocycles. The minimum absolute atomic E-state index is 0.0237. The Morgan fingerprint density at radius 3 is 2.03 bits per heavy atom. The first kappa shape index (κ1) is 23.4. The van der Waals surface area contributed by atoms with Gasteiger partial charge in [-0.3, -0.25) is 4.79 Å². The first-order chi connectivity index (χ1) is 14.7. The van der Waals surface area contributed by atoms with Gasteiger partial charge in [0, 0.05) is 5.41 Å². The molecule has 182 valence electrons. The van der Waals surface area contributed by atoms with Crippen LogP contribution in [-0.2, 0) is 4.79 Å². The SMILES string of the molecule is CC(=O)C1(C)CCC2(C)CCC3(C)C(CCC4C5(C)CCC(O)C(C)(C)C5CCC43C)C21. The summed E-state index contributed by atoms with van der Waals surface area (Å²) >= 11 is 0. The lowest BCUT2D eigenvalue weighted by atomic mass is 9.32. The van der Waals surface area contributed by atoms with Crippen LogP contribution in [0, 0.1) is 56.2 Å². The average molecular weight is 443 g/mol. The molecule has 0 aliphatic heterocycles. The molecular formula is C30H50O2. The van der Waals surface area contributed by atoms with E-state index in [9.17, 15) is 9.90 Å². The van der Waals surface area contributed by atoms with E-state index in [1.807, 2.05) is 6.92 Å². The van der Waals surface area contributed by atoms with Gasteiger partial charge in [-0.15, -0.1) is 0 Å². The zero-order valence-electron chi connectivity index (χ0n) is 22.3. The van der Waals surface area contributed by atoms with Crippen molar-refractivity contribution in [3.05, 3.63) is 0 Å². The lowest BCUT2D eigenvalue weighted by molar-refractivity contribution is -0.250. The van der Waals surface area contributed by atoms with Gasteiger partial charge in [-0.2, -0.15) is 0 Å². The molecule has 5 aliphatic carbocycles. The Kier molecular flexibility index (Phi) is 4.85. The van der Waals surface area contributed by atoms with E-state index < -0.39 is 0 Å². The van der Waals surface area contributed by atoms with Gasteiger partial charge in [0.05, 0.1) is 6.10 Å². The summed E-state index contributed by atoms with van der Waals surface area (Å²) in [4.78, 5) is 13.0. The van der Waals surface area contributed by atoms with Crippen molar-refractivity contribution in [1.29, 1.82) is 0 Å². The van der Waals surface area contributed by atoms with Gasteiger partial charge in [-0.25, -0.2) is 0 Å². The van der Waals surface area contributed by atoms with E-state index in [2.05, 4.69) is 48.5 Å². The molecule has 10 atom stereocenters. The van der Waals surface area contributed by atoms with E-state index in [1.165, 1.54) is 51.4 Å². The van der Waals surface area contributed by atoms with Gasteiger partial charge in [0.2, 0.25) is 0 Å². The van der Waals surface area contributed by atoms with Crippen molar-refractivity contribution in [3.8, 4) is 0 Å². The highest BCUT2D eigenvalue weighted by Crippen LogP contribution is 2.78. The third kappa shape index (κ3) is 2.55. The highest BCUT2D eigenvalue weighted by molar-refractivity contribution is 5.83. The summed E-state index contributed by atoms with van der Waals surface area (Å²) in [7, 11) is 0. The van der Waals surface area contributed by atoms with E-state index in [4.69, 9.17) is 0 Å². The summed E-state index contributed by atoms with van der Waals surface area (Å²) in [5.74, 6) is 3.05. The zero-order valence-corrected chi connectivity index (χ0v) is 22.3. The molecule has 5 fully saturated rings. The number of rotatable bonds is 1. The molecule has 5 rings (SSSR count). The van der Waals surface area contributed by atoms with Crippen molar-refractivity contribution in [1.82, 2.24) is 0 Å². The number of hydrogen-bond donors (Lipinski definition) is 1. The van der Waals surface area contributed by atoms with Crippen LogP contribution in [0.5, 0.6) is 0 Å². The van der Waals surface area contributed by atoms with Crippen LogP contribution in [0.25, 0.3) is 0 Å². The van der Waals surface area contributed by atoms with Crippen LogP contribution in [-0.4, -0.2) is 17.0 Å². The minimum Gasteiger partial charge on any atom is -0.393 e. The molecule has 0 radical (unpaired) electrons. The molecule has 32 heavy (non-hydrogen) atoms. The minimum atomic E-state index is -0.151. The quantitative estimate of drug-likeness (QED) is 0.458. The zero-order chi connectivity index (χ0) is 23.5. The molecule has 0 aromatic heterocycles. The van der Waals surface area contributed by atoms with Crippen molar-refractivity contribution in [3.63, 3.8) is 0 Å². The van der Waals surface area contributed by atoms with Crippen LogP contribution in [0.1, 0.15) is 120 Å². The molecule has 5 saturated carbocycles. The molecule has 0 aromatic rings. The number of carbonyl (C=O) groups excluding carboxylic acids is 1. The Hall–Kier alpha value is -0.370. The predicted octanol–water partition coefficient (Wildman–Crippen LogP) is 7.43. The third-order valence-corrected chi connectivity index (χ3v) is 14.0. The van der Waals surface area contributed by atoms with Crippen molar-refractivity contribution in [2.75, 3.05) is 0 Å². The summed E-state index contributed by atoms with van der Waals surface area (Å²) < 4.78 is 0. The highest BCUT2D eigenvalue weighted by atomic mass is 16.3. The summed E-state index contributed by atoms with van der Waals surface area (Å²) in [6.07, 6.45) is 12.2. The van der Waals surface area contributed by atoms with Crippen molar-refractivity contribution < 1.29 is 9.90 Å². The number of fused-ring (bicyclic) bond motifs is 7. The largest absolute Gasteiger partial charge is 0.393 e. The summed E-state index contributed by atoms with van der Waals surface area (Å²) in [5, 5.41) is 10.9. The second-order valence-corrected chi connectivity index (χ2v) is 15.1. The van der Waals surface area contributed by atoms with E-state index in [0.29, 0.717) is 45.2 Å². The van der Waals surface area contributed by atoms with Gasteiger partial charge < -0.3 is 5.11 Å². The number of hydrogen-bond acceptors (Lipinski definition) is 2. The lowest BCUT2D eigenvalue weighted by Crippen LogP contribution is -2.67. The van der Waals surface area contributed by atoms with Crippen molar-refractivity contribution in [2.45, 2.75) is 126 Å². The molecule has 0 aromatic carbocycles. The molecule has 0 bridgehead atoms. The number of aliphatic hydroxyl groups is 1. The molecule has 1 N–H and O–H groups in total. The Balaban J connectivity index is 1.57. The van der Waals surface area contributed by atoms with E-state index in [1.54, 1.807) is 0 Å². The Labute approximate surface area is 197 Å². The van der Waals surface area contributed by atoms with Gasteiger partial charge in [-0.05, 0) is 122 Å². The van der Waals surface area contributed by atoms with Gasteiger partial charge in [0.25, 0.3) is 0 Å². The van der Waals surface area contributed by atoms with Gasteiger partial charge in [-0.1, -0.05) is 48.5 Å². The van der Waals surface area contributed by atoms with Gasteiger partial charge >= 0.3 is 0 Å². The van der Waals surface area contributed by atoms with Crippen LogP contribution >= 0.6 is 0 Å². The van der Waals surface area contributed by atoms with Crippen molar-refractivity contribution >= 4 is 5.78 Å². The Bertz CT molecular complexity index is 816. The predicted molar refractivity (Wildman–Crippen MR) is 131 cm³/mol. The number of aliphatic hydroxyl groups excluding tert-OH is 1. The first-order valence-corrected chi connectivity index (χ1v) is 13.9. The average Bonchev–Trinajstić information content (AvgIpc) is 2.99. The van der Waals surface area contributed by atoms with Crippen LogP contribution < -0.4 is 0 Å². The Morgan fingerprint density at radius 1 is 0.719 bits per heavy atom. The van der Waals surface area contributed by atoms with E-state index in [0.717, 1.165) is 18.8 Å². The monoisotopic (exact) mass is 442 g/mol. The molecule has 5 aliphatic rings. The number of ketones is 1. The van der Waals surface area contributed by atoms with Crippen LogP contribution in [0.15, 0.2) is 0 Å². The van der Waals surface area contributed by atoms with E-state index >= 15 is 0 Å². The smallest absolute Gasteiger partial charge is 0.135 e. The maximum atomic E-state index is 13.0. The standard InChI is InChI=1S/C30H50O2/c1-19(31)27(5)17-15-26(4)16-18-29(7)20(24(26)27)9-10-22-28(6)13-12-23(32)25(2,3)21(28)11-14-30(22,29)8/h20-24,32H,9-18H2,1-8H3. The Morgan fingerprint density at radius 2 is 1.38 bits per heavy atom. The summed E-state index contributed by atoms with van der Waals surface area (Å²) in [5.41, 5.74) is 1.27. The number of Topliss-reactive ketones (excluding diaryl/α,β-unsaturated/α-hetero) is 1. The fourth-order valence-electron chi connectivity index (χ4n) is 11.7. The highest BCUT2D eigenvalue weighted by Gasteiger charge is 2.71. The van der Waals surface area contributed by atoms with Gasteiger partial charge in [0.15, 0.2) is 0 Å². The maximum absolute atomic E-state index is 13.0. The third-order valence-electron chi connectivity index (χ3n) is 14.0. The summed E-state index contributed by atoms with van der Waals surface area (Å²) in [6, 6.07) is 0. The lowest BCUT2D eigenvalue weighted by Gasteiger charge is -2.73. The van der Waals surface area contributed by atoms with Crippen molar-refractivity contribution in [2.24, 2.45) is 56.2 Å². The molecule has 2 heteroatoms. The summed E-state index contributed by atoms with van der Waals surface area (Å²) in [6.45, 7) is 19.4. The molecule has 0 amide bonds. The van der Waals surface area contributed by atoms with Crippen LogP contribution in [0.2, 0.25) is 0 Å². The van der Waals surface area contributed by atoms with Crippen LogP contribution in [0.4, 0.5) is 0 Å². The van der Waals surface area contributed by atoms with Gasteiger partial charge in [0.1, 0.15) is 5.78 Å². The molecule has 2 nitrogen and oxygen atoms in total. The second-order valence-electron chi connectivity index (χ2n) is 15.1. The normalized spacial score (nSPS) is 58.8. The molecule has 0 spiro atoms. The first-order valence-electron chi connectivity index (χ1n) is 13.9. The molecule has 0 saturated heterocycles. The van der Waals surface area contributed by atoms with Crippen LogP contribution in [0.3, 0.4) is 0 Å². The maximum Gasteiger partial charge on any atom is 0.135 e. The fourth-order valence-corrected chi connectivity index (χ4v) is 11.7. The van der Waals surface area contributed by atoms with E-state index in [-0.39, 0.29) is 16.9 Å². The second kappa shape index (κ2) is 6.64. The fraction of sp³-hybridized carbons (Fsp3) is 0.967.